The average Bonchev–Trinajstić information content (AvgIpc) is 3.85. The molecule has 2 aromatic heterocycles. The third-order valence-electron chi connectivity index (χ3n) is 12.3. The summed E-state index contributed by atoms with van der Waals surface area (Å²) in [6.45, 7) is 4.45. The lowest BCUT2D eigenvalue weighted by atomic mass is 9.87. The summed E-state index contributed by atoms with van der Waals surface area (Å²) in [6, 6.07) is 64.5. The maximum atomic E-state index is 6.83. The van der Waals surface area contributed by atoms with E-state index in [4.69, 9.17) is 4.42 Å². The number of aryl methyl sites for hydroxylation is 1. The smallest absolute Gasteiger partial charge is 0.143 e. The molecule has 0 aliphatic heterocycles. The van der Waals surface area contributed by atoms with E-state index in [1.54, 1.807) is 0 Å². The van der Waals surface area contributed by atoms with Gasteiger partial charge in [0.2, 0.25) is 0 Å². The number of rotatable bonds is 4. The standard InChI is InChI=1S/C56H36OS/c1-33(37-27-28-47-50(32-37)57-55-45-18-7-8-19-46(45)56-54(53(47)55)48-20-9-10-24-51(48)58-56)29-36-25-26-39(30-34(36)2)52-41-17-6-4-14-38(41)31-49-43(22-12-23-44(49)52)42-21-11-15-35-13-3-5-16-40(35)42/h3-32H,1-2H3/b33-29+. The Kier molecular flexibility index (Phi) is 7.30. The summed E-state index contributed by atoms with van der Waals surface area (Å²) in [6.07, 6.45) is 2.32. The molecule has 10 aromatic carbocycles. The first-order valence-electron chi connectivity index (χ1n) is 20.0. The van der Waals surface area contributed by atoms with Crippen molar-refractivity contribution in [3.05, 3.63) is 193 Å². The summed E-state index contributed by atoms with van der Waals surface area (Å²) in [7, 11) is 0. The van der Waals surface area contributed by atoms with Crippen LogP contribution in [0.1, 0.15) is 23.6 Å². The van der Waals surface area contributed by atoms with Crippen molar-refractivity contribution in [2.45, 2.75) is 13.8 Å². The number of allylic oxidation sites excluding steroid dienone is 1. The predicted octanol–water partition coefficient (Wildman–Crippen LogP) is 16.8. The molecule has 2 heterocycles. The largest absolute Gasteiger partial charge is 0.455 e. The molecule has 0 N–H and O–H groups in total. The third kappa shape index (κ3) is 4.95. The average molecular weight is 757 g/mol. The molecule has 0 bridgehead atoms. The van der Waals surface area contributed by atoms with E-state index in [0.717, 1.165) is 22.1 Å². The summed E-state index contributed by atoms with van der Waals surface area (Å²) >= 11 is 1.88. The van der Waals surface area contributed by atoms with E-state index >= 15 is 0 Å². The molecule has 0 amide bonds. The van der Waals surface area contributed by atoms with Crippen LogP contribution in [0.4, 0.5) is 0 Å². The molecule has 0 aliphatic carbocycles. The van der Waals surface area contributed by atoms with Crippen LogP contribution >= 0.6 is 11.3 Å². The maximum Gasteiger partial charge on any atom is 0.143 e. The lowest BCUT2D eigenvalue weighted by Crippen LogP contribution is -1.91. The number of hydrogen-bond donors (Lipinski definition) is 0. The van der Waals surface area contributed by atoms with Crippen LogP contribution in [0.3, 0.4) is 0 Å². The van der Waals surface area contributed by atoms with Gasteiger partial charge in [-0.25, -0.2) is 0 Å². The summed E-state index contributed by atoms with van der Waals surface area (Å²) in [5, 5.41) is 15.0. The van der Waals surface area contributed by atoms with Gasteiger partial charge in [-0.15, -0.1) is 11.3 Å². The fourth-order valence-electron chi connectivity index (χ4n) is 9.55. The summed E-state index contributed by atoms with van der Waals surface area (Å²) < 4.78 is 9.46. The Morgan fingerprint density at radius 1 is 0.500 bits per heavy atom. The van der Waals surface area contributed by atoms with E-state index in [-0.39, 0.29) is 0 Å². The van der Waals surface area contributed by atoms with Crippen molar-refractivity contribution in [2.75, 3.05) is 0 Å². The molecule has 0 fully saturated rings. The van der Waals surface area contributed by atoms with E-state index in [1.807, 2.05) is 11.3 Å². The van der Waals surface area contributed by atoms with Gasteiger partial charge in [0, 0.05) is 41.7 Å². The van der Waals surface area contributed by atoms with E-state index < -0.39 is 0 Å². The van der Waals surface area contributed by atoms with Crippen molar-refractivity contribution in [1.29, 1.82) is 0 Å². The zero-order chi connectivity index (χ0) is 38.5. The van der Waals surface area contributed by atoms with Crippen molar-refractivity contribution in [2.24, 2.45) is 0 Å². The van der Waals surface area contributed by atoms with Crippen LogP contribution in [-0.4, -0.2) is 0 Å². The van der Waals surface area contributed by atoms with Crippen LogP contribution in [-0.2, 0) is 0 Å². The lowest BCUT2D eigenvalue weighted by Gasteiger charge is -2.17. The molecule has 2 heteroatoms. The molecule has 58 heavy (non-hydrogen) atoms. The number of furan rings is 1. The lowest BCUT2D eigenvalue weighted by molar-refractivity contribution is 0.673. The highest BCUT2D eigenvalue weighted by atomic mass is 32.1. The van der Waals surface area contributed by atoms with Gasteiger partial charge in [0.15, 0.2) is 0 Å². The van der Waals surface area contributed by atoms with E-state index in [1.165, 1.54) is 108 Å². The highest BCUT2D eigenvalue weighted by Gasteiger charge is 2.20. The SMILES string of the molecule is C/C(=C\c1ccc(-c2c3ccccc3cc3c(-c4cccc5ccccc45)cccc23)cc1C)c1ccc2c(c1)oc1c3ccccc3c3sc4ccccc4c3c21. The molecule has 0 unspecified atom stereocenters. The Balaban J connectivity index is 0.978. The summed E-state index contributed by atoms with van der Waals surface area (Å²) in [5.74, 6) is 0. The molecular weight excluding hydrogens is 721 g/mol. The fraction of sp³-hybridized carbons (Fsp3) is 0.0357. The van der Waals surface area contributed by atoms with E-state index in [9.17, 15) is 0 Å². The second-order valence-corrected chi connectivity index (χ2v) is 16.7. The zero-order valence-electron chi connectivity index (χ0n) is 32.1. The minimum Gasteiger partial charge on any atom is -0.455 e. The minimum atomic E-state index is 0.922. The molecule has 0 saturated heterocycles. The zero-order valence-corrected chi connectivity index (χ0v) is 33.0. The molecule has 12 rings (SSSR count). The van der Waals surface area contributed by atoms with Gasteiger partial charge in [0.05, 0.1) is 0 Å². The molecule has 12 aromatic rings. The maximum absolute atomic E-state index is 6.83. The summed E-state index contributed by atoms with van der Waals surface area (Å²) in [4.78, 5) is 0. The van der Waals surface area contributed by atoms with Crippen molar-refractivity contribution < 1.29 is 4.42 Å². The van der Waals surface area contributed by atoms with E-state index in [2.05, 4.69) is 196 Å². The topological polar surface area (TPSA) is 13.1 Å². The number of thiophene rings is 1. The summed E-state index contributed by atoms with van der Waals surface area (Å²) in [5.41, 5.74) is 11.7. The van der Waals surface area contributed by atoms with Crippen LogP contribution in [0, 0.1) is 6.92 Å². The van der Waals surface area contributed by atoms with Crippen molar-refractivity contribution in [1.82, 2.24) is 0 Å². The Labute approximate surface area is 339 Å². The Morgan fingerprint density at radius 2 is 1.17 bits per heavy atom. The van der Waals surface area contributed by atoms with E-state index in [0.29, 0.717) is 0 Å². The predicted molar refractivity (Wildman–Crippen MR) is 252 cm³/mol. The van der Waals surface area contributed by atoms with Crippen molar-refractivity contribution in [3.63, 3.8) is 0 Å². The highest BCUT2D eigenvalue weighted by Crippen LogP contribution is 2.48. The van der Waals surface area contributed by atoms with Crippen LogP contribution in [0.5, 0.6) is 0 Å². The third-order valence-corrected chi connectivity index (χ3v) is 13.5. The Hall–Kier alpha value is -7.00. The number of benzene rings is 10. The molecular formula is C56H36OS. The van der Waals surface area contributed by atoms with Gasteiger partial charge in [0.25, 0.3) is 0 Å². The first-order valence-corrected chi connectivity index (χ1v) is 20.8. The van der Waals surface area contributed by atoms with Gasteiger partial charge < -0.3 is 4.42 Å². The fourth-order valence-corrected chi connectivity index (χ4v) is 10.8. The molecule has 1 nitrogen and oxygen atoms in total. The normalized spacial score (nSPS) is 12.4. The molecule has 0 radical (unpaired) electrons. The van der Waals surface area contributed by atoms with Gasteiger partial charge >= 0.3 is 0 Å². The quantitative estimate of drug-likeness (QED) is 0.129. The van der Waals surface area contributed by atoms with Gasteiger partial charge in [-0.1, -0.05) is 158 Å². The van der Waals surface area contributed by atoms with Crippen LogP contribution in [0.15, 0.2) is 180 Å². The monoisotopic (exact) mass is 756 g/mol. The van der Waals surface area contributed by atoms with Crippen LogP contribution < -0.4 is 0 Å². The van der Waals surface area contributed by atoms with Gasteiger partial charge in [-0.05, 0) is 115 Å². The molecule has 272 valence electrons. The second-order valence-electron chi connectivity index (χ2n) is 15.7. The Morgan fingerprint density at radius 3 is 2.02 bits per heavy atom. The Bertz CT molecular complexity index is 3700. The molecule has 0 saturated carbocycles. The number of fused-ring (bicyclic) bond motifs is 13. The first kappa shape index (κ1) is 33.2. The molecule has 0 spiro atoms. The van der Waals surface area contributed by atoms with Crippen molar-refractivity contribution >= 4 is 108 Å². The second kappa shape index (κ2) is 12.8. The first-order chi connectivity index (χ1) is 28.6. The van der Waals surface area contributed by atoms with Crippen molar-refractivity contribution in [3.8, 4) is 22.3 Å². The minimum absolute atomic E-state index is 0.922. The molecule has 0 aliphatic rings. The van der Waals surface area contributed by atoms with Crippen LogP contribution in [0.2, 0.25) is 0 Å². The highest BCUT2D eigenvalue weighted by molar-refractivity contribution is 7.27. The number of hydrogen-bond acceptors (Lipinski definition) is 2. The van der Waals surface area contributed by atoms with Gasteiger partial charge in [-0.3, -0.25) is 0 Å². The molecule has 0 atom stereocenters. The van der Waals surface area contributed by atoms with Gasteiger partial charge in [0.1, 0.15) is 11.2 Å². The van der Waals surface area contributed by atoms with Crippen LogP contribution in [0.25, 0.3) is 119 Å². The van der Waals surface area contributed by atoms with Gasteiger partial charge in [-0.2, -0.15) is 0 Å².